The van der Waals surface area contributed by atoms with Gasteiger partial charge in [-0.25, -0.2) is 0 Å². The van der Waals surface area contributed by atoms with Gasteiger partial charge in [0, 0.05) is 32.3 Å². The SMILES string of the molecule is CC(NC(=O)c1ccoc1)C(=O)NCc1cccc(OCCN(C)C2CCOCC2)c1. The Morgan fingerprint density at radius 3 is 2.81 bits per heavy atom. The van der Waals surface area contributed by atoms with E-state index in [9.17, 15) is 9.59 Å². The Labute approximate surface area is 182 Å². The van der Waals surface area contributed by atoms with Gasteiger partial charge in [0.25, 0.3) is 5.91 Å². The first kappa shape index (κ1) is 22.8. The maximum atomic E-state index is 12.3. The molecule has 1 aliphatic heterocycles. The van der Waals surface area contributed by atoms with E-state index >= 15 is 0 Å². The van der Waals surface area contributed by atoms with Gasteiger partial charge in [0.2, 0.25) is 5.91 Å². The Morgan fingerprint density at radius 2 is 2.06 bits per heavy atom. The van der Waals surface area contributed by atoms with E-state index in [2.05, 4.69) is 22.6 Å². The van der Waals surface area contributed by atoms with Crippen LogP contribution in [0.3, 0.4) is 0 Å². The van der Waals surface area contributed by atoms with Crippen molar-refractivity contribution in [2.75, 3.05) is 33.4 Å². The Balaban J connectivity index is 1.40. The van der Waals surface area contributed by atoms with Gasteiger partial charge in [-0.05, 0) is 50.6 Å². The molecule has 2 heterocycles. The van der Waals surface area contributed by atoms with E-state index in [1.165, 1.54) is 12.5 Å². The average Bonchev–Trinajstić information content (AvgIpc) is 3.33. The van der Waals surface area contributed by atoms with Gasteiger partial charge in [-0.1, -0.05) is 12.1 Å². The predicted octanol–water partition coefficient (Wildman–Crippen LogP) is 2.20. The molecule has 31 heavy (non-hydrogen) atoms. The zero-order valence-corrected chi connectivity index (χ0v) is 18.1. The summed E-state index contributed by atoms with van der Waals surface area (Å²) in [6, 6.07) is 9.10. The fourth-order valence-corrected chi connectivity index (χ4v) is 3.44. The number of furan rings is 1. The molecular formula is C23H31N3O5. The van der Waals surface area contributed by atoms with Crippen molar-refractivity contribution in [2.45, 2.75) is 38.4 Å². The molecule has 0 aliphatic carbocycles. The molecule has 0 saturated carbocycles. The van der Waals surface area contributed by atoms with Crippen molar-refractivity contribution in [1.29, 1.82) is 0 Å². The highest BCUT2D eigenvalue weighted by atomic mass is 16.5. The molecule has 2 amide bonds. The Hall–Kier alpha value is -2.84. The fraction of sp³-hybridized carbons (Fsp3) is 0.478. The lowest BCUT2D eigenvalue weighted by atomic mass is 10.1. The Bertz CT molecular complexity index is 833. The van der Waals surface area contributed by atoms with Crippen molar-refractivity contribution < 1.29 is 23.5 Å². The third kappa shape index (κ3) is 7.11. The first-order valence-electron chi connectivity index (χ1n) is 10.6. The summed E-state index contributed by atoms with van der Waals surface area (Å²) in [5.74, 6) is 0.159. The van der Waals surface area contributed by atoms with Crippen LogP contribution in [0.5, 0.6) is 5.75 Å². The molecule has 1 aromatic heterocycles. The minimum atomic E-state index is -0.664. The van der Waals surface area contributed by atoms with Gasteiger partial charge in [-0.3, -0.25) is 14.5 Å². The maximum absolute atomic E-state index is 12.3. The van der Waals surface area contributed by atoms with Crippen molar-refractivity contribution in [1.82, 2.24) is 15.5 Å². The van der Waals surface area contributed by atoms with Crippen LogP contribution < -0.4 is 15.4 Å². The predicted molar refractivity (Wildman–Crippen MR) is 116 cm³/mol. The number of ether oxygens (including phenoxy) is 2. The number of likely N-dealkylation sites (N-methyl/N-ethyl adjacent to an activating group) is 1. The number of nitrogens with one attached hydrogen (secondary N) is 2. The number of rotatable bonds is 10. The molecule has 1 aromatic carbocycles. The molecule has 1 atom stereocenters. The molecule has 2 N–H and O–H groups in total. The molecule has 3 rings (SSSR count). The van der Waals surface area contributed by atoms with E-state index in [4.69, 9.17) is 13.9 Å². The average molecular weight is 430 g/mol. The topological polar surface area (TPSA) is 93.0 Å². The highest BCUT2D eigenvalue weighted by molar-refractivity contribution is 5.97. The highest BCUT2D eigenvalue weighted by Crippen LogP contribution is 2.15. The van der Waals surface area contributed by atoms with Crippen molar-refractivity contribution >= 4 is 11.8 Å². The molecule has 2 aromatic rings. The Kier molecular flexibility index (Phi) is 8.49. The van der Waals surface area contributed by atoms with Gasteiger partial charge in [0.15, 0.2) is 0 Å². The van der Waals surface area contributed by atoms with Crippen LogP contribution >= 0.6 is 0 Å². The van der Waals surface area contributed by atoms with Gasteiger partial charge in [-0.2, -0.15) is 0 Å². The first-order valence-corrected chi connectivity index (χ1v) is 10.6. The highest BCUT2D eigenvalue weighted by Gasteiger charge is 2.18. The normalized spacial score (nSPS) is 15.5. The second-order valence-corrected chi connectivity index (χ2v) is 7.74. The van der Waals surface area contributed by atoms with E-state index in [0.717, 1.165) is 43.9 Å². The smallest absolute Gasteiger partial charge is 0.255 e. The number of carbonyl (C=O) groups is 2. The number of nitrogens with zero attached hydrogens (tertiary/aromatic N) is 1. The summed E-state index contributed by atoms with van der Waals surface area (Å²) < 4.78 is 16.2. The van der Waals surface area contributed by atoms with E-state index in [1.807, 2.05) is 24.3 Å². The zero-order chi connectivity index (χ0) is 22.1. The van der Waals surface area contributed by atoms with Crippen LogP contribution in [0.4, 0.5) is 0 Å². The van der Waals surface area contributed by atoms with Crippen LogP contribution in [0, 0.1) is 0 Å². The summed E-state index contributed by atoms with van der Waals surface area (Å²) in [6.07, 6.45) is 4.88. The van der Waals surface area contributed by atoms with Crippen molar-refractivity contribution in [3.8, 4) is 5.75 Å². The van der Waals surface area contributed by atoms with E-state index < -0.39 is 6.04 Å². The zero-order valence-electron chi connectivity index (χ0n) is 18.1. The summed E-state index contributed by atoms with van der Waals surface area (Å²) in [5.41, 5.74) is 1.31. The third-order valence-corrected chi connectivity index (χ3v) is 5.42. The maximum Gasteiger partial charge on any atom is 0.255 e. The minimum absolute atomic E-state index is 0.263. The van der Waals surface area contributed by atoms with Crippen LogP contribution in [0.25, 0.3) is 0 Å². The molecule has 1 fully saturated rings. The van der Waals surface area contributed by atoms with Crippen LogP contribution in [0.2, 0.25) is 0 Å². The number of amides is 2. The van der Waals surface area contributed by atoms with E-state index in [-0.39, 0.29) is 11.8 Å². The standard InChI is InChI=1S/C23H31N3O5/c1-17(25-23(28)19-6-10-30-16-19)22(27)24-15-18-4-3-5-21(14-18)31-13-9-26(2)20-7-11-29-12-8-20/h3-6,10,14,16-17,20H,7-9,11-13,15H2,1-2H3,(H,24,27)(H,25,28). The first-order chi connectivity index (χ1) is 15.0. The van der Waals surface area contributed by atoms with Crippen LogP contribution in [-0.2, 0) is 16.1 Å². The second-order valence-electron chi connectivity index (χ2n) is 7.74. The Morgan fingerprint density at radius 1 is 1.26 bits per heavy atom. The van der Waals surface area contributed by atoms with Gasteiger partial charge in [0.1, 0.15) is 24.7 Å². The summed E-state index contributed by atoms with van der Waals surface area (Å²) in [5, 5.41) is 5.49. The number of hydrogen-bond acceptors (Lipinski definition) is 6. The molecule has 168 valence electrons. The number of carbonyl (C=O) groups excluding carboxylic acids is 2. The lowest BCUT2D eigenvalue weighted by Gasteiger charge is -2.31. The summed E-state index contributed by atoms with van der Waals surface area (Å²) >= 11 is 0. The molecular weight excluding hydrogens is 398 g/mol. The number of hydrogen-bond donors (Lipinski definition) is 2. The van der Waals surface area contributed by atoms with Gasteiger partial charge >= 0.3 is 0 Å². The molecule has 8 nitrogen and oxygen atoms in total. The molecule has 0 spiro atoms. The molecule has 8 heteroatoms. The molecule has 1 saturated heterocycles. The molecule has 0 bridgehead atoms. The van der Waals surface area contributed by atoms with Crippen LogP contribution in [0.15, 0.2) is 47.3 Å². The fourth-order valence-electron chi connectivity index (χ4n) is 3.44. The van der Waals surface area contributed by atoms with Crippen LogP contribution in [-0.4, -0.2) is 62.2 Å². The summed E-state index contributed by atoms with van der Waals surface area (Å²) in [7, 11) is 2.12. The van der Waals surface area contributed by atoms with E-state index in [0.29, 0.717) is 24.8 Å². The quantitative estimate of drug-likeness (QED) is 0.602. The monoisotopic (exact) mass is 429 g/mol. The summed E-state index contributed by atoms with van der Waals surface area (Å²) in [4.78, 5) is 26.6. The number of benzene rings is 1. The van der Waals surface area contributed by atoms with Crippen molar-refractivity contribution in [2.24, 2.45) is 0 Å². The molecule has 0 radical (unpaired) electrons. The lowest BCUT2D eigenvalue weighted by Crippen LogP contribution is -2.44. The van der Waals surface area contributed by atoms with Gasteiger partial charge in [0.05, 0.1) is 11.8 Å². The largest absolute Gasteiger partial charge is 0.492 e. The van der Waals surface area contributed by atoms with E-state index in [1.54, 1.807) is 13.0 Å². The molecule has 1 aliphatic rings. The van der Waals surface area contributed by atoms with Gasteiger partial charge in [-0.15, -0.1) is 0 Å². The summed E-state index contributed by atoms with van der Waals surface area (Å²) in [6.45, 7) is 5.09. The van der Waals surface area contributed by atoms with Gasteiger partial charge < -0.3 is 24.5 Å². The van der Waals surface area contributed by atoms with Crippen molar-refractivity contribution in [3.63, 3.8) is 0 Å². The third-order valence-electron chi connectivity index (χ3n) is 5.42. The minimum Gasteiger partial charge on any atom is -0.492 e. The second kappa shape index (κ2) is 11.5. The lowest BCUT2D eigenvalue weighted by molar-refractivity contribution is -0.122. The van der Waals surface area contributed by atoms with Crippen LogP contribution in [0.1, 0.15) is 35.7 Å². The van der Waals surface area contributed by atoms with Crippen molar-refractivity contribution in [3.05, 3.63) is 54.0 Å². The molecule has 1 unspecified atom stereocenters.